The Balaban J connectivity index is 2.23. The fourth-order valence-electron chi connectivity index (χ4n) is 1.56. The predicted molar refractivity (Wildman–Crippen MR) is 68.6 cm³/mol. The molecule has 0 atom stereocenters. The van der Waals surface area contributed by atoms with Gasteiger partial charge in [0.05, 0.1) is 11.2 Å². The Hall–Kier alpha value is -0.845. The standard InChI is InChI=1S/C11H16BNO3S/c1-10(2)11(3,4)16-12(15-10)8-5-7(6-17-8)9(13)14/h5-6H,1-4H3,(H2,13,14). The van der Waals surface area contributed by atoms with Gasteiger partial charge in [-0.1, -0.05) is 0 Å². The first-order valence-electron chi connectivity index (χ1n) is 5.47. The van der Waals surface area contributed by atoms with Crippen molar-refractivity contribution >= 4 is 29.1 Å². The van der Waals surface area contributed by atoms with Crippen molar-refractivity contribution in [2.45, 2.75) is 38.9 Å². The molecule has 2 N–H and O–H groups in total. The van der Waals surface area contributed by atoms with E-state index in [0.29, 0.717) is 5.56 Å². The van der Waals surface area contributed by atoms with Crippen LogP contribution < -0.4 is 10.5 Å². The van der Waals surface area contributed by atoms with Crippen LogP contribution in [-0.4, -0.2) is 24.2 Å². The summed E-state index contributed by atoms with van der Waals surface area (Å²) in [7, 11) is -0.418. The van der Waals surface area contributed by atoms with Gasteiger partial charge in [0.1, 0.15) is 0 Å². The number of carbonyl (C=O) groups excluding carboxylic acids is 1. The monoisotopic (exact) mass is 253 g/mol. The van der Waals surface area contributed by atoms with Gasteiger partial charge in [-0.3, -0.25) is 4.79 Å². The second kappa shape index (κ2) is 3.83. The summed E-state index contributed by atoms with van der Waals surface area (Å²) in [5.74, 6) is -0.427. The lowest BCUT2D eigenvalue weighted by Crippen LogP contribution is -2.41. The molecule has 0 aliphatic carbocycles. The number of nitrogens with two attached hydrogens (primary N) is 1. The lowest BCUT2D eigenvalue weighted by atomic mass is 9.87. The van der Waals surface area contributed by atoms with Gasteiger partial charge < -0.3 is 15.0 Å². The third-order valence-electron chi connectivity index (χ3n) is 3.39. The van der Waals surface area contributed by atoms with Crippen LogP contribution in [0.25, 0.3) is 0 Å². The Morgan fingerprint density at radius 3 is 2.24 bits per heavy atom. The third-order valence-corrected chi connectivity index (χ3v) is 4.34. The van der Waals surface area contributed by atoms with Gasteiger partial charge in [-0.2, -0.15) is 11.3 Å². The number of carbonyl (C=O) groups is 1. The molecular weight excluding hydrogens is 237 g/mol. The van der Waals surface area contributed by atoms with Crippen LogP contribution >= 0.6 is 11.3 Å². The zero-order valence-corrected chi connectivity index (χ0v) is 11.3. The fraction of sp³-hybridized carbons (Fsp3) is 0.545. The minimum Gasteiger partial charge on any atom is -0.399 e. The molecule has 1 saturated heterocycles. The first-order chi connectivity index (χ1) is 7.73. The van der Waals surface area contributed by atoms with Crippen LogP contribution in [0.1, 0.15) is 38.1 Å². The van der Waals surface area contributed by atoms with Crippen LogP contribution in [0.2, 0.25) is 0 Å². The number of rotatable bonds is 2. The van der Waals surface area contributed by atoms with Crippen LogP contribution in [0.5, 0.6) is 0 Å². The number of hydrogen-bond donors (Lipinski definition) is 1. The molecule has 92 valence electrons. The van der Waals surface area contributed by atoms with Gasteiger partial charge >= 0.3 is 7.12 Å². The van der Waals surface area contributed by atoms with Crippen molar-refractivity contribution in [1.82, 2.24) is 0 Å². The second-order valence-electron chi connectivity index (χ2n) is 5.19. The zero-order valence-electron chi connectivity index (χ0n) is 10.4. The van der Waals surface area contributed by atoms with E-state index in [2.05, 4.69) is 0 Å². The molecule has 1 aromatic heterocycles. The van der Waals surface area contributed by atoms with E-state index in [9.17, 15) is 4.79 Å². The molecule has 2 rings (SSSR count). The quantitative estimate of drug-likeness (QED) is 0.804. The van der Waals surface area contributed by atoms with Gasteiger partial charge in [0, 0.05) is 15.7 Å². The van der Waals surface area contributed by atoms with Crippen molar-refractivity contribution in [3.63, 3.8) is 0 Å². The maximum atomic E-state index is 11.0. The van der Waals surface area contributed by atoms with E-state index in [1.54, 1.807) is 11.4 Å². The van der Waals surface area contributed by atoms with E-state index in [1.165, 1.54) is 11.3 Å². The lowest BCUT2D eigenvalue weighted by Gasteiger charge is -2.32. The molecule has 0 saturated carbocycles. The second-order valence-corrected chi connectivity index (χ2v) is 6.13. The Morgan fingerprint density at radius 1 is 1.29 bits per heavy atom. The van der Waals surface area contributed by atoms with Crippen molar-refractivity contribution in [1.29, 1.82) is 0 Å². The average molecular weight is 253 g/mol. The maximum absolute atomic E-state index is 11.0. The highest BCUT2D eigenvalue weighted by atomic mass is 32.1. The highest BCUT2D eigenvalue weighted by Crippen LogP contribution is 2.36. The molecule has 0 aromatic carbocycles. The molecule has 1 aromatic rings. The van der Waals surface area contributed by atoms with Crippen LogP contribution in [0.3, 0.4) is 0 Å². The molecule has 0 radical (unpaired) electrons. The van der Waals surface area contributed by atoms with E-state index < -0.39 is 13.0 Å². The van der Waals surface area contributed by atoms with Crippen LogP contribution in [0, 0.1) is 0 Å². The summed E-state index contributed by atoms with van der Waals surface area (Å²) >= 11 is 1.43. The summed E-state index contributed by atoms with van der Waals surface area (Å²) < 4.78 is 12.6. The van der Waals surface area contributed by atoms with Gasteiger partial charge in [0.2, 0.25) is 5.91 Å². The fourth-order valence-corrected chi connectivity index (χ4v) is 2.41. The molecule has 6 heteroatoms. The summed E-state index contributed by atoms with van der Waals surface area (Å²) in [5, 5.41) is 1.72. The minimum atomic E-state index is -0.427. The lowest BCUT2D eigenvalue weighted by molar-refractivity contribution is 0.00578. The highest BCUT2D eigenvalue weighted by Gasteiger charge is 2.52. The summed E-state index contributed by atoms with van der Waals surface area (Å²) in [5.41, 5.74) is 4.99. The normalized spacial score (nSPS) is 21.8. The van der Waals surface area contributed by atoms with Crippen molar-refractivity contribution in [2.75, 3.05) is 0 Å². The number of thiophene rings is 1. The van der Waals surface area contributed by atoms with Gasteiger partial charge in [-0.05, 0) is 33.8 Å². The van der Waals surface area contributed by atoms with Crippen molar-refractivity contribution < 1.29 is 14.1 Å². The molecule has 2 heterocycles. The van der Waals surface area contributed by atoms with Gasteiger partial charge in [-0.25, -0.2) is 0 Å². The van der Waals surface area contributed by atoms with E-state index in [4.69, 9.17) is 15.0 Å². The zero-order chi connectivity index (χ0) is 12.8. The third kappa shape index (κ3) is 2.12. The summed E-state index contributed by atoms with van der Waals surface area (Å²) in [6.07, 6.45) is 0. The predicted octanol–water partition coefficient (Wildman–Crippen LogP) is 1.15. The first-order valence-corrected chi connectivity index (χ1v) is 6.35. The molecule has 0 bridgehead atoms. The molecule has 1 aliphatic rings. The molecule has 17 heavy (non-hydrogen) atoms. The molecule has 1 fully saturated rings. The van der Waals surface area contributed by atoms with Crippen LogP contribution in [-0.2, 0) is 9.31 Å². The summed E-state index contributed by atoms with van der Waals surface area (Å²) in [4.78, 5) is 11.0. The van der Waals surface area contributed by atoms with Crippen molar-refractivity contribution in [2.24, 2.45) is 5.73 Å². The highest BCUT2D eigenvalue weighted by molar-refractivity contribution is 7.21. The summed E-state index contributed by atoms with van der Waals surface area (Å²) in [6.45, 7) is 7.98. The Morgan fingerprint density at radius 2 is 1.82 bits per heavy atom. The maximum Gasteiger partial charge on any atom is 0.505 e. The van der Waals surface area contributed by atoms with Crippen molar-refractivity contribution in [3.8, 4) is 0 Å². The Labute approximate surface area is 105 Å². The van der Waals surface area contributed by atoms with Gasteiger partial charge in [0.15, 0.2) is 0 Å². The van der Waals surface area contributed by atoms with Crippen LogP contribution in [0.4, 0.5) is 0 Å². The molecule has 0 unspecified atom stereocenters. The van der Waals surface area contributed by atoms with Crippen molar-refractivity contribution in [3.05, 3.63) is 17.0 Å². The van der Waals surface area contributed by atoms with Gasteiger partial charge in [-0.15, -0.1) is 0 Å². The number of amides is 1. The molecule has 0 spiro atoms. The molecular formula is C11H16BNO3S. The number of primary amides is 1. The smallest absolute Gasteiger partial charge is 0.399 e. The molecule has 1 aliphatic heterocycles. The Bertz CT molecular complexity index is 439. The van der Waals surface area contributed by atoms with E-state index in [1.807, 2.05) is 27.7 Å². The molecule has 4 nitrogen and oxygen atoms in total. The minimum absolute atomic E-state index is 0.367. The van der Waals surface area contributed by atoms with E-state index in [-0.39, 0.29) is 11.2 Å². The van der Waals surface area contributed by atoms with E-state index in [0.717, 1.165) is 4.78 Å². The topological polar surface area (TPSA) is 61.5 Å². The number of hydrogen-bond acceptors (Lipinski definition) is 4. The molecule has 1 amide bonds. The largest absolute Gasteiger partial charge is 0.505 e. The first kappa shape index (κ1) is 12.6. The summed E-state index contributed by atoms with van der Waals surface area (Å²) in [6, 6.07) is 1.73. The van der Waals surface area contributed by atoms with Gasteiger partial charge in [0.25, 0.3) is 0 Å². The average Bonchev–Trinajstić information content (AvgIpc) is 2.70. The van der Waals surface area contributed by atoms with Crippen LogP contribution in [0.15, 0.2) is 11.4 Å². The SMILES string of the molecule is CC1(C)OB(c2cc(C(N)=O)cs2)OC1(C)C. The van der Waals surface area contributed by atoms with E-state index >= 15 is 0 Å². The Kier molecular flexibility index (Phi) is 2.84.